The van der Waals surface area contributed by atoms with Crippen molar-refractivity contribution in [2.24, 2.45) is 5.92 Å². The highest BCUT2D eigenvalue weighted by Gasteiger charge is 2.23. The summed E-state index contributed by atoms with van der Waals surface area (Å²) in [5.74, 6) is 0.144. The number of nitro benzene ring substituents is 1. The molecule has 0 heterocycles. The van der Waals surface area contributed by atoms with E-state index >= 15 is 0 Å². The first-order valence-corrected chi connectivity index (χ1v) is 7.00. The maximum absolute atomic E-state index is 12.0. The lowest BCUT2D eigenvalue weighted by Crippen LogP contribution is -2.23. The minimum Gasteiger partial charge on any atom is -0.459 e. The molecule has 0 radical (unpaired) electrons. The third-order valence-electron chi connectivity index (χ3n) is 3.62. The predicted octanol–water partition coefficient (Wildman–Crippen LogP) is 3.98. The van der Waals surface area contributed by atoms with E-state index in [-0.39, 0.29) is 22.4 Å². The Kier molecular flexibility index (Phi) is 4.60. The zero-order valence-electron chi connectivity index (χ0n) is 11.2. The van der Waals surface area contributed by atoms with Crippen LogP contribution in [0.1, 0.15) is 43.0 Å². The zero-order valence-corrected chi connectivity index (χ0v) is 11.9. The van der Waals surface area contributed by atoms with E-state index in [1.807, 2.05) is 0 Å². The monoisotopic (exact) mass is 297 g/mol. The van der Waals surface area contributed by atoms with E-state index in [0.717, 1.165) is 31.7 Å². The summed E-state index contributed by atoms with van der Waals surface area (Å²) in [6.07, 6.45) is 3.69. The number of esters is 1. The van der Waals surface area contributed by atoms with Crippen LogP contribution < -0.4 is 0 Å². The number of benzene rings is 1. The standard InChI is InChI=1S/C14H16ClNO4/c1-9-2-5-11(6-3-9)20-14(17)10-4-7-12(15)13(8-10)16(18)19/h4,7-9,11H,2-3,5-6H2,1H3. The average Bonchev–Trinajstić information content (AvgIpc) is 2.41. The van der Waals surface area contributed by atoms with E-state index in [1.165, 1.54) is 12.1 Å². The number of carbonyl (C=O) groups excluding carboxylic acids is 1. The van der Waals surface area contributed by atoms with Gasteiger partial charge in [-0.05, 0) is 43.7 Å². The molecule has 0 unspecified atom stereocenters. The molecule has 0 spiro atoms. The van der Waals surface area contributed by atoms with Crippen molar-refractivity contribution in [1.29, 1.82) is 0 Å². The Morgan fingerprint density at radius 2 is 2.00 bits per heavy atom. The van der Waals surface area contributed by atoms with Crippen molar-refractivity contribution in [2.45, 2.75) is 38.7 Å². The fourth-order valence-corrected chi connectivity index (χ4v) is 2.53. The summed E-state index contributed by atoms with van der Waals surface area (Å²) in [6.45, 7) is 2.18. The van der Waals surface area contributed by atoms with Gasteiger partial charge in [0, 0.05) is 6.07 Å². The molecule has 20 heavy (non-hydrogen) atoms. The molecule has 0 atom stereocenters. The highest BCUT2D eigenvalue weighted by molar-refractivity contribution is 6.32. The molecule has 1 aromatic rings. The van der Waals surface area contributed by atoms with E-state index in [1.54, 1.807) is 0 Å². The van der Waals surface area contributed by atoms with Gasteiger partial charge in [0.05, 0.1) is 10.5 Å². The number of nitrogens with zero attached hydrogens (tertiary/aromatic N) is 1. The van der Waals surface area contributed by atoms with Crippen LogP contribution in [0.15, 0.2) is 18.2 Å². The number of ether oxygens (including phenoxy) is 1. The Balaban J connectivity index is 2.06. The molecule has 1 aromatic carbocycles. The van der Waals surface area contributed by atoms with Gasteiger partial charge in [-0.2, -0.15) is 0 Å². The fourth-order valence-electron chi connectivity index (χ4n) is 2.35. The second kappa shape index (κ2) is 6.22. The molecular weight excluding hydrogens is 282 g/mol. The summed E-state index contributed by atoms with van der Waals surface area (Å²) in [5, 5.41) is 10.8. The molecule has 2 rings (SSSR count). The van der Waals surface area contributed by atoms with Gasteiger partial charge in [0.15, 0.2) is 0 Å². The van der Waals surface area contributed by atoms with Crippen LogP contribution in [0.2, 0.25) is 5.02 Å². The van der Waals surface area contributed by atoms with Gasteiger partial charge in [0.1, 0.15) is 11.1 Å². The van der Waals surface area contributed by atoms with Crippen molar-refractivity contribution in [1.82, 2.24) is 0 Å². The van der Waals surface area contributed by atoms with Crippen LogP contribution >= 0.6 is 11.6 Å². The molecule has 0 amide bonds. The van der Waals surface area contributed by atoms with Gasteiger partial charge in [-0.3, -0.25) is 10.1 Å². The molecule has 1 saturated carbocycles. The third kappa shape index (κ3) is 3.48. The van der Waals surface area contributed by atoms with Crippen molar-refractivity contribution in [3.8, 4) is 0 Å². The molecule has 1 aliphatic rings. The van der Waals surface area contributed by atoms with Gasteiger partial charge in [-0.15, -0.1) is 0 Å². The van der Waals surface area contributed by atoms with Gasteiger partial charge in [0.25, 0.3) is 5.69 Å². The maximum Gasteiger partial charge on any atom is 0.338 e. The minimum atomic E-state index is -0.610. The molecule has 0 N–H and O–H groups in total. The number of hydrogen-bond acceptors (Lipinski definition) is 4. The summed E-state index contributed by atoms with van der Waals surface area (Å²) < 4.78 is 5.40. The molecule has 0 saturated heterocycles. The van der Waals surface area contributed by atoms with Crippen molar-refractivity contribution < 1.29 is 14.5 Å². The first-order chi connectivity index (χ1) is 9.47. The molecule has 1 fully saturated rings. The second-order valence-corrected chi connectivity index (χ2v) is 5.62. The average molecular weight is 298 g/mol. The number of halogens is 1. The summed E-state index contributed by atoms with van der Waals surface area (Å²) in [4.78, 5) is 22.2. The molecule has 0 bridgehead atoms. The van der Waals surface area contributed by atoms with Gasteiger partial charge in [-0.1, -0.05) is 18.5 Å². The number of hydrogen-bond donors (Lipinski definition) is 0. The molecule has 0 aliphatic heterocycles. The Morgan fingerprint density at radius 1 is 1.35 bits per heavy atom. The van der Waals surface area contributed by atoms with Gasteiger partial charge in [0.2, 0.25) is 0 Å². The van der Waals surface area contributed by atoms with Crippen LogP contribution in [0.25, 0.3) is 0 Å². The van der Waals surface area contributed by atoms with E-state index in [2.05, 4.69) is 6.92 Å². The maximum atomic E-state index is 12.0. The summed E-state index contributed by atoms with van der Waals surface area (Å²) >= 11 is 5.71. The zero-order chi connectivity index (χ0) is 14.7. The first-order valence-electron chi connectivity index (χ1n) is 6.62. The largest absolute Gasteiger partial charge is 0.459 e. The molecule has 0 aromatic heterocycles. The van der Waals surface area contributed by atoms with E-state index in [4.69, 9.17) is 16.3 Å². The number of nitro groups is 1. The topological polar surface area (TPSA) is 69.4 Å². The lowest BCUT2D eigenvalue weighted by atomic mass is 9.89. The highest BCUT2D eigenvalue weighted by Crippen LogP contribution is 2.28. The lowest BCUT2D eigenvalue weighted by molar-refractivity contribution is -0.384. The van der Waals surface area contributed by atoms with Crippen molar-refractivity contribution in [3.05, 3.63) is 38.9 Å². The van der Waals surface area contributed by atoms with Crippen molar-refractivity contribution >= 4 is 23.3 Å². The summed E-state index contributed by atoms with van der Waals surface area (Å²) in [5.41, 5.74) is -0.113. The molecule has 5 nitrogen and oxygen atoms in total. The quantitative estimate of drug-likeness (QED) is 0.480. The van der Waals surface area contributed by atoms with Crippen LogP contribution in [0.3, 0.4) is 0 Å². The first kappa shape index (κ1) is 14.8. The van der Waals surface area contributed by atoms with Crippen LogP contribution in [-0.4, -0.2) is 17.0 Å². The Morgan fingerprint density at radius 3 is 2.60 bits per heavy atom. The molecule has 108 valence electrons. The Hall–Kier alpha value is -1.62. The highest BCUT2D eigenvalue weighted by atomic mass is 35.5. The smallest absolute Gasteiger partial charge is 0.338 e. The van der Waals surface area contributed by atoms with Gasteiger partial charge >= 0.3 is 5.97 Å². The third-order valence-corrected chi connectivity index (χ3v) is 3.93. The summed E-state index contributed by atoms with van der Waals surface area (Å²) in [7, 11) is 0. The van der Waals surface area contributed by atoms with Gasteiger partial charge < -0.3 is 4.74 Å². The normalized spacial score (nSPS) is 22.3. The number of rotatable bonds is 3. The second-order valence-electron chi connectivity index (χ2n) is 5.21. The van der Waals surface area contributed by atoms with Crippen LogP contribution in [-0.2, 0) is 4.74 Å². The molecule has 1 aliphatic carbocycles. The predicted molar refractivity (Wildman–Crippen MR) is 74.9 cm³/mol. The SMILES string of the molecule is CC1CCC(OC(=O)c2ccc(Cl)c([N+](=O)[O-])c2)CC1. The molecule has 6 heteroatoms. The Labute approximate surface area is 122 Å². The minimum absolute atomic E-state index is 0.0121. The van der Waals surface area contributed by atoms with E-state index in [9.17, 15) is 14.9 Å². The number of carbonyl (C=O) groups is 1. The van der Waals surface area contributed by atoms with Crippen molar-refractivity contribution in [3.63, 3.8) is 0 Å². The van der Waals surface area contributed by atoms with Crippen LogP contribution in [0.4, 0.5) is 5.69 Å². The van der Waals surface area contributed by atoms with Crippen molar-refractivity contribution in [2.75, 3.05) is 0 Å². The lowest BCUT2D eigenvalue weighted by Gasteiger charge is -2.25. The Bertz CT molecular complexity index is 524. The fraction of sp³-hybridized carbons (Fsp3) is 0.500. The van der Waals surface area contributed by atoms with Crippen LogP contribution in [0, 0.1) is 16.0 Å². The summed E-state index contributed by atoms with van der Waals surface area (Å²) in [6, 6.07) is 3.96. The molecular formula is C14H16ClNO4. The van der Waals surface area contributed by atoms with E-state index in [0.29, 0.717) is 5.92 Å². The van der Waals surface area contributed by atoms with E-state index < -0.39 is 10.9 Å². The van der Waals surface area contributed by atoms with Crippen LogP contribution in [0.5, 0.6) is 0 Å². The van der Waals surface area contributed by atoms with Gasteiger partial charge in [-0.25, -0.2) is 4.79 Å².